The average Bonchev–Trinajstić information content (AvgIpc) is 4.07. The second kappa shape index (κ2) is 13.5. The van der Waals surface area contributed by atoms with Crippen molar-refractivity contribution in [2.24, 2.45) is 0 Å². The summed E-state index contributed by atoms with van der Waals surface area (Å²) >= 11 is 0. The van der Waals surface area contributed by atoms with E-state index >= 15 is 0 Å². The van der Waals surface area contributed by atoms with Crippen LogP contribution in [0, 0.1) is 0 Å². The van der Waals surface area contributed by atoms with Gasteiger partial charge in [-0.25, -0.2) is 0 Å². The summed E-state index contributed by atoms with van der Waals surface area (Å²) in [7, 11) is 0. The summed E-state index contributed by atoms with van der Waals surface area (Å²) in [6.45, 7) is 0. The van der Waals surface area contributed by atoms with E-state index in [1.54, 1.807) is 0 Å². The molecule has 0 amide bonds. The van der Waals surface area contributed by atoms with Crippen LogP contribution in [0.25, 0.3) is 105 Å². The van der Waals surface area contributed by atoms with Crippen molar-refractivity contribution < 1.29 is 4.57 Å². The third-order valence-corrected chi connectivity index (χ3v) is 13.7. The first-order valence-corrected chi connectivity index (χ1v) is 22.1. The molecule has 14 rings (SSSR count). The van der Waals surface area contributed by atoms with Crippen LogP contribution in [0.15, 0.2) is 231 Å². The van der Waals surface area contributed by atoms with Crippen molar-refractivity contribution >= 4 is 65.4 Å². The Morgan fingerprint density at radius 1 is 0.281 bits per heavy atom. The second-order valence-electron chi connectivity index (χ2n) is 17.1. The fourth-order valence-corrected chi connectivity index (χ4v) is 11.0. The van der Waals surface area contributed by atoms with E-state index in [0.717, 1.165) is 17.1 Å². The highest BCUT2D eigenvalue weighted by atomic mass is 15.0. The molecule has 0 fully saturated rings. The van der Waals surface area contributed by atoms with E-state index in [0.29, 0.717) is 0 Å². The molecule has 4 heteroatoms. The van der Waals surface area contributed by atoms with Gasteiger partial charge in [-0.2, -0.15) is 4.57 Å². The minimum atomic E-state index is 0.116. The van der Waals surface area contributed by atoms with Crippen LogP contribution in [0.2, 0.25) is 0 Å². The largest absolute Gasteiger partial charge is 0.309 e. The van der Waals surface area contributed by atoms with Crippen molar-refractivity contribution in [1.82, 2.24) is 13.7 Å². The Labute approximate surface area is 369 Å². The zero-order valence-corrected chi connectivity index (χ0v) is 34.8. The molecule has 4 aromatic heterocycles. The maximum Gasteiger partial charge on any atom is 0.210 e. The highest BCUT2D eigenvalue weighted by Crippen LogP contribution is 2.47. The Kier molecular flexibility index (Phi) is 7.42. The van der Waals surface area contributed by atoms with Crippen molar-refractivity contribution in [3.63, 3.8) is 0 Å². The van der Waals surface area contributed by atoms with Crippen LogP contribution in [-0.4, -0.2) is 13.7 Å². The van der Waals surface area contributed by atoms with E-state index < -0.39 is 0 Å². The maximum atomic E-state index is 2.47. The minimum absolute atomic E-state index is 0.116. The summed E-state index contributed by atoms with van der Waals surface area (Å²) in [5.41, 5.74) is 18.3. The molecule has 1 unspecified atom stereocenters. The summed E-state index contributed by atoms with van der Waals surface area (Å²) in [6.07, 6.45) is 4.38. The van der Waals surface area contributed by atoms with Crippen LogP contribution in [0.4, 0.5) is 0 Å². The first-order valence-electron chi connectivity index (χ1n) is 22.1. The molecule has 1 aliphatic rings. The summed E-state index contributed by atoms with van der Waals surface area (Å²) < 4.78 is 9.68. The first kappa shape index (κ1) is 35.2. The number of aromatic nitrogens is 4. The van der Waals surface area contributed by atoms with E-state index in [9.17, 15) is 0 Å². The highest BCUT2D eigenvalue weighted by Gasteiger charge is 2.36. The van der Waals surface area contributed by atoms with E-state index in [-0.39, 0.29) is 6.04 Å². The normalized spacial score (nSPS) is 13.5. The Hall–Kier alpha value is -8.47. The monoisotopic (exact) mass is 815 g/mol. The summed E-state index contributed by atoms with van der Waals surface area (Å²) in [5.74, 6) is 0. The SMILES string of the molecule is c1ccc(-n2c3ccccc3c3cc4c(cc32)c2ccccc2n4-c2cccc(-c3cccc(-n4c5ccccc5c5cc6c(cc54)-c4ccccc4C6[n+]4ccccc4)c3)c2)cc1. The fourth-order valence-electron chi connectivity index (χ4n) is 11.0. The van der Waals surface area contributed by atoms with Crippen molar-refractivity contribution in [1.29, 1.82) is 0 Å². The van der Waals surface area contributed by atoms with Gasteiger partial charge in [-0.15, -0.1) is 0 Å². The molecule has 0 aliphatic heterocycles. The van der Waals surface area contributed by atoms with Gasteiger partial charge in [-0.1, -0.05) is 127 Å². The molecule has 64 heavy (non-hydrogen) atoms. The third kappa shape index (κ3) is 5.02. The lowest BCUT2D eigenvalue weighted by atomic mass is 10.0. The van der Waals surface area contributed by atoms with Gasteiger partial charge in [0.25, 0.3) is 0 Å². The van der Waals surface area contributed by atoms with Crippen LogP contribution >= 0.6 is 0 Å². The second-order valence-corrected chi connectivity index (χ2v) is 17.1. The third-order valence-electron chi connectivity index (χ3n) is 13.7. The van der Waals surface area contributed by atoms with E-state index in [4.69, 9.17) is 0 Å². The molecule has 13 aromatic rings. The molecule has 0 saturated carbocycles. The summed E-state index contributed by atoms with van der Waals surface area (Å²) in [4.78, 5) is 0. The highest BCUT2D eigenvalue weighted by molar-refractivity contribution is 6.19. The number of para-hydroxylation sites is 4. The van der Waals surface area contributed by atoms with Gasteiger partial charge in [-0.05, 0) is 101 Å². The molecule has 4 nitrogen and oxygen atoms in total. The molecular weight excluding hydrogens is 777 g/mol. The zero-order chi connectivity index (χ0) is 41.9. The van der Waals surface area contributed by atoms with Gasteiger partial charge in [0, 0.05) is 72.6 Å². The first-order chi connectivity index (χ1) is 31.8. The minimum Gasteiger partial charge on any atom is -0.309 e. The van der Waals surface area contributed by atoms with Crippen molar-refractivity contribution in [3.05, 3.63) is 242 Å². The molecule has 0 N–H and O–H groups in total. The van der Waals surface area contributed by atoms with E-state index in [1.807, 2.05) is 0 Å². The Morgan fingerprint density at radius 3 is 1.33 bits per heavy atom. The van der Waals surface area contributed by atoms with Crippen LogP contribution in [0.5, 0.6) is 0 Å². The molecule has 1 atom stereocenters. The fraction of sp³-hybridized carbons (Fsp3) is 0.0167. The van der Waals surface area contributed by atoms with Crippen LogP contribution in [0.1, 0.15) is 17.2 Å². The van der Waals surface area contributed by atoms with E-state index in [1.165, 1.54) is 98.8 Å². The van der Waals surface area contributed by atoms with Crippen LogP contribution in [0.3, 0.4) is 0 Å². The molecular formula is C60H39N4+. The zero-order valence-electron chi connectivity index (χ0n) is 34.8. The lowest BCUT2D eigenvalue weighted by Gasteiger charge is -2.13. The Balaban J connectivity index is 0.939. The summed E-state index contributed by atoms with van der Waals surface area (Å²) in [5, 5.41) is 7.50. The van der Waals surface area contributed by atoms with Crippen molar-refractivity contribution in [2.45, 2.75) is 6.04 Å². The number of fused-ring (bicyclic) bond motifs is 12. The van der Waals surface area contributed by atoms with Crippen molar-refractivity contribution in [3.8, 4) is 39.3 Å². The Morgan fingerprint density at radius 2 is 0.734 bits per heavy atom. The molecule has 9 aromatic carbocycles. The average molecular weight is 816 g/mol. The summed E-state index contributed by atoms with van der Waals surface area (Å²) in [6, 6.07) is 80.5. The Bertz CT molecular complexity index is 4020. The maximum absolute atomic E-state index is 2.47. The van der Waals surface area contributed by atoms with Gasteiger partial charge < -0.3 is 13.7 Å². The molecule has 298 valence electrons. The quantitative estimate of drug-likeness (QED) is 0.154. The van der Waals surface area contributed by atoms with Crippen molar-refractivity contribution in [2.75, 3.05) is 0 Å². The van der Waals surface area contributed by atoms with Crippen LogP contribution < -0.4 is 4.57 Å². The van der Waals surface area contributed by atoms with Crippen LogP contribution in [-0.2, 0) is 0 Å². The van der Waals surface area contributed by atoms with Gasteiger partial charge in [0.1, 0.15) is 0 Å². The van der Waals surface area contributed by atoms with E-state index in [2.05, 4.69) is 249 Å². The molecule has 0 saturated heterocycles. The molecule has 0 spiro atoms. The predicted molar refractivity (Wildman–Crippen MR) is 264 cm³/mol. The van der Waals surface area contributed by atoms with Gasteiger partial charge in [0.15, 0.2) is 12.4 Å². The number of hydrogen-bond donors (Lipinski definition) is 0. The number of pyridine rings is 1. The lowest BCUT2D eigenvalue weighted by molar-refractivity contribution is -0.704. The van der Waals surface area contributed by atoms with Gasteiger partial charge in [0.05, 0.1) is 33.1 Å². The van der Waals surface area contributed by atoms with Gasteiger partial charge in [0.2, 0.25) is 6.04 Å². The number of benzene rings is 9. The molecule has 4 heterocycles. The number of rotatable bonds is 5. The smallest absolute Gasteiger partial charge is 0.210 e. The van der Waals surface area contributed by atoms with Gasteiger partial charge in [-0.3, -0.25) is 0 Å². The molecule has 0 radical (unpaired) electrons. The topological polar surface area (TPSA) is 18.7 Å². The van der Waals surface area contributed by atoms with Gasteiger partial charge >= 0.3 is 0 Å². The lowest BCUT2D eigenvalue weighted by Crippen LogP contribution is -2.38. The molecule has 0 bridgehead atoms. The molecule has 1 aliphatic carbocycles. The number of hydrogen-bond acceptors (Lipinski definition) is 0. The number of nitrogens with zero attached hydrogens (tertiary/aromatic N) is 4. The standard InChI is InChI=1S/C60H39N4/c1-3-19-41(20-4-1)62-54-28-10-8-25-46(54)51-38-59-52(37-58(51)62)47-26-9-12-30-56(47)64(59)43-22-16-18-40(34-43)39-17-15-21-42(33-39)63-55-29-11-7-24-45(55)50-35-53-49(36-57(50)63)44-23-5-6-27-48(44)60(53)61-31-13-2-14-32-61/h1-38,60H/q+1. The predicted octanol–water partition coefficient (Wildman–Crippen LogP) is 14.6.